The zero-order chi connectivity index (χ0) is 16.8. The molecule has 1 amide bonds. The van der Waals surface area contributed by atoms with Gasteiger partial charge in [0, 0.05) is 13.1 Å². The minimum atomic E-state index is -0.0427. The van der Waals surface area contributed by atoms with Crippen LogP contribution in [0.15, 0.2) is 48.5 Å². The molecular weight excluding hydrogens is 302 g/mol. The molecule has 5 nitrogen and oxygen atoms in total. The van der Waals surface area contributed by atoms with Gasteiger partial charge in [-0.25, -0.2) is 0 Å². The van der Waals surface area contributed by atoms with Gasteiger partial charge in [0.05, 0.1) is 30.2 Å². The van der Waals surface area contributed by atoms with Gasteiger partial charge < -0.3 is 20.3 Å². The Kier molecular flexibility index (Phi) is 5.21. The van der Waals surface area contributed by atoms with Gasteiger partial charge in [-0.2, -0.15) is 0 Å². The summed E-state index contributed by atoms with van der Waals surface area (Å²) in [5, 5.41) is 6.38. The Balaban J connectivity index is 1.71. The van der Waals surface area contributed by atoms with Crippen LogP contribution in [-0.2, 0) is 4.79 Å². The molecular formula is C19H23N3O2. The highest BCUT2D eigenvalue weighted by Gasteiger charge is 2.18. The first-order valence-corrected chi connectivity index (χ1v) is 8.37. The van der Waals surface area contributed by atoms with Crippen LogP contribution in [0.5, 0.6) is 5.75 Å². The van der Waals surface area contributed by atoms with Gasteiger partial charge in [-0.15, -0.1) is 0 Å². The summed E-state index contributed by atoms with van der Waals surface area (Å²) in [6.07, 6.45) is 0.998. The van der Waals surface area contributed by atoms with E-state index in [1.807, 2.05) is 43.3 Å². The molecule has 1 aliphatic rings. The van der Waals surface area contributed by atoms with Crippen molar-refractivity contribution < 1.29 is 9.53 Å². The quantitative estimate of drug-likeness (QED) is 0.885. The Morgan fingerprint density at radius 1 is 1.21 bits per heavy atom. The molecule has 1 heterocycles. The molecule has 0 saturated heterocycles. The first-order valence-electron chi connectivity index (χ1n) is 8.37. The van der Waals surface area contributed by atoms with Crippen molar-refractivity contribution in [3.05, 3.63) is 48.5 Å². The summed E-state index contributed by atoms with van der Waals surface area (Å²) in [7, 11) is 0. The lowest BCUT2D eigenvalue weighted by Gasteiger charge is -2.24. The third-order valence-corrected chi connectivity index (χ3v) is 3.96. The number of para-hydroxylation sites is 4. The predicted molar refractivity (Wildman–Crippen MR) is 98.0 cm³/mol. The van der Waals surface area contributed by atoms with Crippen LogP contribution in [0.3, 0.4) is 0 Å². The van der Waals surface area contributed by atoms with Crippen molar-refractivity contribution in [1.29, 1.82) is 0 Å². The summed E-state index contributed by atoms with van der Waals surface area (Å²) >= 11 is 0. The van der Waals surface area contributed by atoms with E-state index in [9.17, 15) is 4.79 Å². The molecule has 24 heavy (non-hydrogen) atoms. The van der Waals surface area contributed by atoms with Crippen LogP contribution in [0.25, 0.3) is 0 Å². The van der Waals surface area contributed by atoms with Crippen molar-refractivity contribution in [2.24, 2.45) is 0 Å². The summed E-state index contributed by atoms with van der Waals surface area (Å²) in [6.45, 7) is 4.59. The number of carbonyl (C=O) groups excluding carboxylic acids is 1. The van der Waals surface area contributed by atoms with Crippen LogP contribution >= 0.6 is 0 Å². The van der Waals surface area contributed by atoms with Crippen LogP contribution in [0, 0.1) is 0 Å². The topological polar surface area (TPSA) is 53.6 Å². The van der Waals surface area contributed by atoms with Gasteiger partial charge in [0.15, 0.2) is 0 Å². The Morgan fingerprint density at radius 3 is 2.88 bits per heavy atom. The van der Waals surface area contributed by atoms with E-state index in [1.54, 1.807) is 0 Å². The molecule has 126 valence electrons. The van der Waals surface area contributed by atoms with Gasteiger partial charge in [0.2, 0.25) is 5.91 Å². The van der Waals surface area contributed by atoms with Gasteiger partial charge in [-0.1, -0.05) is 24.3 Å². The number of hydrogen-bond acceptors (Lipinski definition) is 4. The fraction of sp³-hybridized carbons (Fsp3) is 0.316. The van der Waals surface area contributed by atoms with E-state index in [-0.39, 0.29) is 5.91 Å². The van der Waals surface area contributed by atoms with Crippen LogP contribution < -0.4 is 20.3 Å². The number of rotatable bonds is 5. The molecule has 5 heteroatoms. The van der Waals surface area contributed by atoms with Crippen molar-refractivity contribution in [1.82, 2.24) is 0 Å². The highest BCUT2D eigenvalue weighted by molar-refractivity contribution is 5.96. The molecule has 0 spiro atoms. The highest BCUT2D eigenvalue weighted by Crippen LogP contribution is 2.28. The molecule has 3 rings (SSSR count). The van der Waals surface area contributed by atoms with E-state index in [2.05, 4.69) is 27.7 Å². The van der Waals surface area contributed by atoms with Crippen molar-refractivity contribution in [2.45, 2.75) is 13.3 Å². The second-order valence-corrected chi connectivity index (χ2v) is 5.70. The molecule has 1 aliphatic heterocycles. The summed E-state index contributed by atoms with van der Waals surface area (Å²) in [6, 6.07) is 15.6. The monoisotopic (exact) mass is 325 g/mol. The maximum Gasteiger partial charge on any atom is 0.243 e. The van der Waals surface area contributed by atoms with Crippen molar-refractivity contribution in [3.8, 4) is 5.75 Å². The lowest BCUT2D eigenvalue weighted by Crippen LogP contribution is -2.33. The number of nitrogens with one attached hydrogen (secondary N) is 2. The Hall–Kier alpha value is -2.69. The number of nitrogens with zero attached hydrogens (tertiary/aromatic N) is 1. The molecule has 0 aromatic heterocycles. The number of hydrogen-bond donors (Lipinski definition) is 2. The lowest BCUT2D eigenvalue weighted by atomic mass is 10.2. The Morgan fingerprint density at radius 2 is 2.00 bits per heavy atom. The molecule has 0 unspecified atom stereocenters. The SMILES string of the molecule is CCOc1ccccc1NC(=O)CN1CCCNc2ccccc21. The first-order chi connectivity index (χ1) is 11.8. The average Bonchev–Trinajstić information content (AvgIpc) is 2.79. The molecule has 2 aromatic rings. The number of amides is 1. The second kappa shape index (κ2) is 7.73. The Labute approximate surface area is 142 Å². The number of carbonyl (C=O) groups is 1. The standard InChI is InChI=1S/C19H23N3O2/c1-2-24-18-11-6-4-9-16(18)21-19(23)14-22-13-7-12-20-15-8-3-5-10-17(15)22/h3-6,8-11,20H,2,7,12-14H2,1H3,(H,21,23). The average molecular weight is 325 g/mol. The van der Waals surface area contributed by atoms with Crippen LogP contribution in [0.4, 0.5) is 17.1 Å². The molecule has 0 fully saturated rings. The fourth-order valence-corrected chi connectivity index (χ4v) is 2.89. The largest absolute Gasteiger partial charge is 0.492 e. The number of benzene rings is 2. The molecule has 0 bridgehead atoms. The summed E-state index contributed by atoms with van der Waals surface area (Å²) in [5.74, 6) is 0.658. The number of anilines is 3. The zero-order valence-electron chi connectivity index (χ0n) is 13.9. The van der Waals surface area contributed by atoms with Crippen LogP contribution in [0.2, 0.25) is 0 Å². The van der Waals surface area contributed by atoms with Gasteiger partial charge in [0.25, 0.3) is 0 Å². The lowest BCUT2D eigenvalue weighted by molar-refractivity contribution is -0.115. The van der Waals surface area contributed by atoms with E-state index in [0.717, 1.165) is 30.9 Å². The van der Waals surface area contributed by atoms with Crippen molar-refractivity contribution in [3.63, 3.8) is 0 Å². The summed E-state index contributed by atoms with van der Waals surface area (Å²) in [5.41, 5.74) is 2.87. The van der Waals surface area contributed by atoms with E-state index in [1.165, 1.54) is 0 Å². The van der Waals surface area contributed by atoms with Crippen LogP contribution in [0.1, 0.15) is 13.3 Å². The minimum Gasteiger partial charge on any atom is -0.492 e. The molecule has 0 radical (unpaired) electrons. The van der Waals surface area contributed by atoms with Gasteiger partial charge in [-0.3, -0.25) is 4.79 Å². The van der Waals surface area contributed by atoms with Crippen molar-refractivity contribution >= 4 is 23.0 Å². The normalized spacial score (nSPS) is 13.5. The van der Waals surface area contributed by atoms with Gasteiger partial charge in [-0.05, 0) is 37.6 Å². The zero-order valence-corrected chi connectivity index (χ0v) is 13.9. The maximum atomic E-state index is 12.5. The number of fused-ring (bicyclic) bond motifs is 1. The Bertz CT molecular complexity index is 703. The third-order valence-electron chi connectivity index (χ3n) is 3.96. The minimum absolute atomic E-state index is 0.0427. The number of ether oxygens (including phenoxy) is 1. The summed E-state index contributed by atoms with van der Waals surface area (Å²) < 4.78 is 5.57. The summed E-state index contributed by atoms with van der Waals surface area (Å²) in [4.78, 5) is 14.6. The second-order valence-electron chi connectivity index (χ2n) is 5.70. The predicted octanol–water partition coefficient (Wildman–Crippen LogP) is 3.35. The third kappa shape index (κ3) is 3.79. The smallest absolute Gasteiger partial charge is 0.243 e. The van der Waals surface area contributed by atoms with Crippen molar-refractivity contribution in [2.75, 3.05) is 41.8 Å². The fourth-order valence-electron chi connectivity index (χ4n) is 2.89. The van der Waals surface area contributed by atoms with E-state index < -0.39 is 0 Å². The molecule has 2 N–H and O–H groups in total. The van der Waals surface area contributed by atoms with Crippen LogP contribution in [-0.4, -0.2) is 32.1 Å². The molecule has 2 aromatic carbocycles. The molecule has 0 saturated carbocycles. The first kappa shape index (κ1) is 16.2. The molecule has 0 atom stereocenters. The van der Waals surface area contributed by atoms with E-state index >= 15 is 0 Å². The highest BCUT2D eigenvalue weighted by atomic mass is 16.5. The maximum absolute atomic E-state index is 12.5. The van der Waals surface area contributed by atoms with Gasteiger partial charge >= 0.3 is 0 Å². The van der Waals surface area contributed by atoms with E-state index in [4.69, 9.17) is 4.74 Å². The van der Waals surface area contributed by atoms with E-state index in [0.29, 0.717) is 24.6 Å². The molecule has 0 aliphatic carbocycles. The van der Waals surface area contributed by atoms with Gasteiger partial charge in [0.1, 0.15) is 5.75 Å².